The van der Waals surface area contributed by atoms with Crippen molar-refractivity contribution in [3.8, 4) is 11.5 Å². The summed E-state index contributed by atoms with van der Waals surface area (Å²) in [6, 6.07) is 9.80. The molecule has 0 aliphatic rings. The predicted molar refractivity (Wildman–Crippen MR) is 144 cm³/mol. The monoisotopic (exact) mass is 626 g/mol. The number of rotatable bonds is 17. The van der Waals surface area contributed by atoms with E-state index in [1.165, 1.54) is 43.3 Å². The molecular weight excluding hydrogens is 594 g/mol. The maximum absolute atomic E-state index is 13.4. The van der Waals surface area contributed by atoms with Gasteiger partial charge in [0.1, 0.15) is 18.1 Å². The quantitative estimate of drug-likeness (QED) is 0.0810. The van der Waals surface area contributed by atoms with Gasteiger partial charge in [-0.1, -0.05) is 37.0 Å². The van der Waals surface area contributed by atoms with Crippen molar-refractivity contribution in [1.29, 1.82) is 0 Å². The molecule has 2 aromatic carbocycles. The fourth-order valence-corrected chi connectivity index (χ4v) is 4.06. The van der Waals surface area contributed by atoms with Crippen molar-refractivity contribution in [1.82, 2.24) is 0 Å². The molecule has 42 heavy (non-hydrogen) atoms. The van der Waals surface area contributed by atoms with Crippen LogP contribution in [-0.4, -0.2) is 57.8 Å². The molecule has 0 fully saturated rings. The highest BCUT2D eigenvalue weighted by Gasteiger charge is 2.39. The highest BCUT2D eigenvalue weighted by molar-refractivity contribution is 7.86. The number of hydrogen-bond donors (Lipinski definition) is 0. The highest BCUT2D eigenvalue weighted by atomic mass is 32.2. The van der Waals surface area contributed by atoms with Crippen LogP contribution in [0.1, 0.15) is 57.1 Å². The van der Waals surface area contributed by atoms with Gasteiger partial charge in [-0.3, -0.25) is 4.28 Å². The number of oxime groups is 2. The highest BCUT2D eigenvalue weighted by Crippen LogP contribution is 2.26. The van der Waals surface area contributed by atoms with E-state index in [1.54, 1.807) is 0 Å². The molecular formula is C27H32F6N2O6S. The first-order valence-electron chi connectivity index (χ1n) is 13.1. The van der Waals surface area contributed by atoms with E-state index in [2.05, 4.69) is 14.6 Å². The summed E-state index contributed by atoms with van der Waals surface area (Å²) in [6.07, 6.45) is -6.85. The van der Waals surface area contributed by atoms with E-state index in [4.69, 9.17) is 14.3 Å². The minimum atomic E-state index is -4.97. The summed E-state index contributed by atoms with van der Waals surface area (Å²) >= 11 is 0. The molecule has 2 rings (SSSR count). The second kappa shape index (κ2) is 16.2. The van der Waals surface area contributed by atoms with Gasteiger partial charge in [-0.2, -0.15) is 34.8 Å². The number of benzene rings is 2. The van der Waals surface area contributed by atoms with Gasteiger partial charge in [-0.05, 0) is 61.4 Å². The average Bonchev–Trinajstić information content (AvgIpc) is 2.90. The van der Waals surface area contributed by atoms with Crippen LogP contribution in [-0.2, 0) is 19.2 Å². The number of unbranched alkanes of at least 4 members (excludes halogenated alkanes) is 2. The Morgan fingerprint density at radius 1 is 0.667 bits per heavy atom. The average molecular weight is 627 g/mol. The van der Waals surface area contributed by atoms with Crippen molar-refractivity contribution >= 4 is 21.5 Å². The second-order valence-electron chi connectivity index (χ2n) is 8.85. The van der Waals surface area contributed by atoms with Crippen molar-refractivity contribution < 1.29 is 53.4 Å². The Balaban J connectivity index is 1.88. The van der Waals surface area contributed by atoms with Crippen molar-refractivity contribution in [2.75, 3.05) is 25.6 Å². The SMILES string of the molecule is CCCCCO/N=C(/c1ccc(OCCCOc2ccc(/C(=N/OS(=O)(=O)CCC)C(F)(F)F)cc2)cc1)C(F)(F)F. The number of nitrogens with zero attached hydrogens (tertiary/aromatic N) is 2. The lowest BCUT2D eigenvalue weighted by Crippen LogP contribution is -2.25. The number of alkyl halides is 6. The lowest BCUT2D eigenvalue weighted by molar-refractivity contribution is -0.0619. The Labute approximate surface area is 240 Å². The summed E-state index contributed by atoms with van der Waals surface area (Å²) in [5.74, 6) is 0.0713. The molecule has 0 aliphatic carbocycles. The lowest BCUT2D eigenvalue weighted by Gasteiger charge is -2.12. The van der Waals surface area contributed by atoms with Gasteiger partial charge in [0.05, 0.1) is 19.0 Å². The molecule has 0 amide bonds. The maximum atomic E-state index is 13.4. The fraction of sp³-hybridized carbons (Fsp3) is 0.481. The molecule has 0 N–H and O–H groups in total. The van der Waals surface area contributed by atoms with Gasteiger partial charge in [0.2, 0.25) is 0 Å². The van der Waals surface area contributed by atoms with E-state index in [0.29, 0.717) is 18.6 Å². The molecule has 0 atom stereocenters. The first-order valence-corrected chi connectivity index (χ1v) is 14.6. The summed E-state index contributed by atoms with van der Waals surface area (Å²) in [7, 11) is -4.24. The van der Waals surface area contributed by atoms with Crippen LogP contribution in [0.25, 0.3) is 0 Å². The summed E-state index contributed by atoms with van der Waals surface area (Å²) in [5.41, 5.74) is -3.26. The zero-order valence-corrected chi connectivity index (χ0v) is 23.8. The third-order valence-electron chi connectivity index (χ3n) is 5.31. The third kappa shape index (κ3) is 12.2. The van der Waals surface area contributed by atoms with E-state index >= 15 is 0 Å². The number of halogens is 6. The molecule has 8 nitrogen and oxygen atoms in total. The van der Waals surface area contributed by atoms with Crippen molar-refractivity contribution in [2.24, 2.45) is 10.3 Å². The molecule has 0 radical (unpaired) electrons. The van der Waals surface area contributed by atoms with Gasteiger partial charge >= 0.3 is 22.5 Å². The van der Waals surface area contributed by atoms with E-state index in [-0.39, 0.29) is 37.6 Å². The Hall–Kier alpha value is -3.49. The Morgan fingerprint density at radius 2 is 1.14 bits per heavy atom. The number of ether oxygens (including phenoxy) is 2. The van der Waals surface area contributed by atoms with Crippen molar-refractivity contribution in [3.63, 3.8) is 0 Å². The largest absolute Gasteiger partial charge is 0.493 e. The molecule has 234 valence electrons. The standard InChI is InChI=1S/C27H32F6N2O6S/c1-3-5-6-18-40-34-24(26(28,29)30)20-8-12-22(13-9-20)38-16-7-17-39-23-14-10-21(11-15-23)25(27(31,32)33)35-41-42(36,37)19-4-2/h8-15H,3-7,16-19H2,1-2H3/b34-24-,35-25-. The third-order valence-corrected chi connectivity index (χ3v) is 6.52. The Morgan fingerprint density at radius 3 is 1.57 bits per heavy atom. The molecule has 0 aromatic heterocycles. The van der Waals surface area contributed by atoms with E-state index in [0.717, 1.165) is 25.0 Å². The fourth-order valence-electron chi connectivity index (χ4n) is 3.30. The van der Waals surface area contributed by atoms with Gasteiger partial charge in [-0.15, -0.1) is 0 Å². The van der Waals surface area contributed by atoms with Crippen LogP contribution < -0.4 is 9.47 Å². The van der Waals surface area contributed by atoms with Crippen LogP contribution in [0.3, 0.4) is 0 Å². The van der Waals surface area contributed by atoms with Gasteiger partial charge < -0.3 is 14.3 Å². The molecule has 0 spiro atoms. The molecule has 15 heteroatoms. The summed E-state index contributed by atoms with van der Waals surface area (Å²) in [5, 5.41) is 6.10. The Kier molecular flexibility index (Phi) is 13.4. The van der Waals surface area contributed by atoms with Gasteiger partial charge in [0.15, 0.2) is 11.4 Å². The minimum Gasteiger partial charge on any atom is -0.493 e. The van der Waals surface area contributed by atoms with E-state index in [1.807, 2.05) is 6.92 Å². The molecule has 0 unspecified atom stereocenters. The molecule has 0 saturated carbocycles. The van der Waals surface area contributed by atoms with Gasteiger partial charge in [0.25, 0.3) is 0 Å². The zero-order chi connectivity index (χ0) is 31.2. The predicted octanol–water partition coefficient (Wildman–Crippen LogP) is 7.03. The lowest BCUT2D eigenvalue weighted by atomic mass is 10.1. The smallest absolute Gasteiger partial charge is 0.437 e. The van der Waals surface area contributed by atoms with Gasteiger partial charge in [0, 0.05) is 17.5 Å². The maximum Gasteiger partial charge on any atom is 0.437 e. The summed E-state index contributed by atoms with van der Waals surface area (Å²) < 4.78 is 119. The van der Waals surface area contributed by atoms with Gasteiger partial charge in [-0.25, -0.2) is 0 Å². The molecule has 0 heterocycles. The topological polar surface area (TPSA) is 95.8 Å². The van der Waals surface area contributed by atoms with E-state index in [9.17, 15) is 34.8 Å². The van der Waals surface area contributed by atoms with Crippen LogP contribution in [0, 0.1) is 0 Å². The number of hydrogen-bond acceptors (Lipinski definition) is 8. The van der Waals surface area contributed by atoms with E-state index < -0.39 is 45.2 Å². The zero-order valence-electron chi connectivity index (χ0n) is 23.0. The van der Waals surface area contributed by atoms with Crippen LogP contribution in [0.5, 0.6) is 11.5 Å². The van der Waals surface area contributed by atoms with Crippen LogP contribution in [0.4, 0.5) is 26.3 Å². The van der Waals surface area contributed by atoms with Crippen LogP contribution >= 0.6 is 0 Å². The molecule has 2 aromatic rings. The normalized spacial score (nSPS) is 13.1. The summed E-state index contributed by atoms with van der Waals surface area (Å²) in [4.78, 5) is 4.84. The first-order chi connectivity index (χ1) is 19.8. The molecule has 0 bridgehead atoms. The van der Waals surface area contributed by atoms with Crippen LogP contribution in [0.2, 0.25) is 0 Å². The first kappa shape index (κ1) is 34.7. The minimum absolute atomic E-state index is 0.0875. The molecule has 0 aliphatic heterocycles. The van der Waals surface area contributed by atoms with Crippen LogP contribution in [0.15, 0.2) is 58.8 Å². The second-order valence-corrected chi connectivity index (χ2v) is 10.5. The molecule has 0 saturated heterocycles. The Bertz CT molecular complexity index is 1260. The van der Waals surface area contributed by atoms with Crippen molar-refractivity contribution in [2.45, 2.75) is 58.3 Å². The van der Waals surface area contributed by atoms with Crippen molar-refractivity contribution in [3.05, 3.63) is 59.7 Å². The summed E-state index contributed by atoms with van der Waals surface area (Å²) in [6.45, 7) is 3.84.